The first-order chi connectivity index (χ1) is 9.97. The molecule has 0 saturated carbocycles. The zero-order chi connectivity index (χ0) is 15.8. The molecule has 2 atom stereocenters. The van der Waals surface area contributed by atoms with Crippen molar-refractivity contribution in [1.82, 2.24) is 15.1 Å². The fraction of sp³-hybridized carbons (Fsp3) is 0.857. The summed E-state index contributed by atoms with van der Waals surface area (Å²) in [5, 5.41) is 11.7. The summed E-state index contributed by atoms with van der Waals surface area (Å²) in [7, 11) is 0. The predicted molar refractivity (Wildman–Crippen MR) is 79.3 cm³/mol. The lowest BCUT2D eigenvalue weighted by atomic mass is 10.2. The van der Waals surface area contributed by atoms with E-state index in [4.69, 9.17) is 9.84 Å². The molecule has 1 fully saturated rings. The summed E-state index contributed by atoms with van der Waals surface area (Å²) in [5.74, 6) is -0.900. The lowest BCUT2D eigenvalue weighted by molar-refractivity contribution is -0.138. The van der Waals surface area contributed by atoms with Crippen molar-refractivity contribution in [2.24, 2.45) is 0 Å². The van der Waals surface area contributed by atoms with Gasteiger partial charge in [0.25, 0.3) is 0 Å². The second-order valence-corrected chi connectivity index (χ2v) is 5.30. The van der Waals surface area contributed by atoms with Gasteiger partial charge in [0.1, 0.15) is 0 Å². The van der Waals surface area contributed by atoms with Crippen LogP contribution in [0.2, 0.25) is 0 Å². The van der Waals surface area contributed by atoms with E-state index in [9.17, 15) is 9.59 Å². The first-order valence-corrected chi connectivity index (χ1v) is 7.58. The fourth-order valence-corrected chi connectivity index (χ4v) is 2.51. The van der Waals surface area contributed by atoms with Crippen LogP contribution in [0.3, 0.4) is 0 Å². The topological polar surface area (TPSA) is 82.1 Å². The molecule has 2 amide bonds. The zero-order valence-corrected chi connectivity index (χ0v) is 13.2. The van der Waals surface area contributed by atoms with Crippen LogP contribution in [0.25, 0.3) is 0 Å². The Morgan fingerprint density at radius 2 is 2.19 bits per heavy atom. The molecule has 0 aromatic rings. The first kappa shape index (κ1) is 17.7. The van der Waals surface area contributed by atoms with E-state index in [-0.39, 0.29) is 24.6 Å². The number of carbonyl (C=O) groups excluding carboxylic acids is 1. The molecule has 1 aliphatic heterocycles. The number of nitrogens with zero attached hydrogens (tertiary/aromatic N) is 2. The maximum atomic E-state index is 12.1. The van der Waals surface area contributed by atoms with Gasteiger partial charge in [-0.2, -0.15) is 0 Å². The number of carboxylic acid groups (broad SMARTS) is 1. The average molecular weight is 301 g/mol. The first-order valence-electron chi connectivity index (χ1n) is 7.58. The molecule has 0 radical (unpaired) electrons. The Morgan fingerprint density at radius 3 is 2.76 bits per heavy atom. The van der Waals surface area contributed by atoms with E-state index in [2.05, 4.69) is 17.1 Å². The van der Waals surface area contributed by atoms with Gasteiger partial charge in [-0.1, -0.05) is 6.92 Å². The Hall–Kier alpha value is -1.34. The zero-order valence-electron chi connectivity index (χ0n) is 13.2. The number of hydrogen-bond donors (Lipinski definition) is 2. The van der Waals surface area contributed by atoms with Crippen LogP contribution >= 0.6 is 0 Å². The Balaban J connectivity index is 2.41. The Morgan fingerprint density at radius 1 is 1.48 bits per heavy atom. The van der Waals surface area contributed by atoms with Crippen LogP contribution in [0.15, 0.2) is 0 Å². The quantitative estimate of drug-likeness (QED) is 0.719. The SMILES string of the molecule is CCN1CCOC(CNC(=O)N(CC)C(C)CC(=O)O)C1. The van der Waals surface area contributed by atoms with Crippen molar-refractivity contribution in [2.45, 2.75) is 39.3 Å². The molecule has 122 valence electrons. The van der Waals surface area contributed by atoms with Crippen LogP contribution in [-0.4, -0.2) is 78.4 Å². The highest BCUT2D eigenvalue weighted by molar-refractivity contribution is 5.75. The molecule has 7 nitrogen and oxygen atoms in total. The van der Waals surface area contributed by atoms with Crippen molar-refractivity contribution in [2.75, 3.05) is 39.3 Å². The van der Waals surface area contributed by atoms with E-state index >= 15 is 0 Å². The molecule has 0 spiro atoms. The van der Waals surface area contributed by atoms with Crippen molar-refractivity contribution in [3.8, 4) is 0 Å². The minimum atomic E-state index is -0.900. The summed E-state index contributed by atoms with van der Waals surface area (Å²) in [6.07, 6.45) is -0.0544. The van der Waals surface area contributed by atoms with E-state index < -0.39 is 5.97 Å². The van der Waals surface area contributed by atoms with Crippen molar-refractivity contribution in [1.29, 1.82) is 0 Å². The second kappa shape index (κ2) is 8.84. The van der Waals surface area contributed by atoms with Crippen LogP contribution in [0, 0.1) is 0 Å². The summed E-state index contributed by atoms with van der Waals surface area (Å²) in [6.45, 7) is 10.0. The van der Waals surface area contributed by atoms with E-state index in [1.54, 1.807) is 6.92 Å². The molecular weight excluding hydrogens is 274 g/mol. The molecule has 7 heteroatoms. The van der Waals surface area contributed by atoms with Crippen molar-refractivity contribution in [3.05, 3.63) is 0 Å². The molecule has 1 saturated heterocycles. The number of carbonyl (C=O) groups is 2. The van der Waals surface area contributed by atoms with Crippen LogP contribution in [-0.2, 0) is 9.53 Å². The fourth-order valence-electron chi connectivity index (χ4n) is 2.51. The normalized spacial score (nSPS) is 20.8. The van der Waals surface area contributed by atoms with Crippen LogP contribution in [0.5, 0.6) is 0 Å². The molecule has 2 unspecified atom stereocenters. The van der Waals surface area contributed by atoms with Gasteiger partial charge < -0.3 is 20.1 Å². The molecule has 1 rings (SSSR count). The molecule has 0 aliphatic carbocycles. The standard InChI is InChI=1S/C14H27N3O4/c1-4-16-6-7-21-12(10-16)9-15-14(20)17(5-2)11(3)8-13(18)19/h11-12H,4-10H2,1-3H3,(H,15,20)(H,18,19). The second-order valence-electron chi connectivity index (χ2n) is 5.30. The molecule has 0 aromatic heterocycles. The number of likely N-dealkylation sites (N-methyl/N-ethyl adjacent to an activating group) is 1. The van der Waals surface area contributed by atoms with Crippen LogP contribution < -0.4 is 5.32 Å². The Kier molecular flexibility index (Phi) is 7.45. The maximum absolute atomic E-state index is 12.1. The summed E-state index contributed by atoms with van der Waals surface area (Å²) >= 11 is 0. The number of hydrogen-bond acceptors (Lipinski definition) is 4. The van der Waals surface area contributed by atoms with Gasteiger partial charge in [0.15, 0.2) is 0 Å². The Bertz CT molecular complexity index is 351. The van der Waals surface area contributed by atoms with Crippen LogP contribution in [0.1, 0.15) is 27.2 Å². The van der Waals surface area contributed by atoms with Crippen LogP contribution in [0.4, 0.5) is 4.79 Å². The third kappa shape index (κ3) is 5.89. The summed E-state index contributed by atoms with van der Waals surface area (Å²) in [4.78, 5) is 26.7. The number of aliphatic carboxylic acids is 1. The van der Waals surface area contributed by atoms with Crippen molar-refractivity contribution >= 4 is 12.0 Å². The van der Waals surface area contributed by atoms with Gasteiger partial charge in [-0.05, 0) is 20.4 Å². The van der Waals surface area contributed by atoms with Gasteiger partial charge in [0.2, 0.25) is 0 Å². The number of amides is 2. The predicted octanol–water partition coefficient (Wildman–Crippen LogP) is 0.602. The number of ether oxygens (including phenoxy) is 1. The number of urea groups is 1. The van der Waals surface area contributed by atoms with Gasteiger partial charge in [0.05, 0.1) is 19.1 Å². The highest BCUT2D eigenvalue weighted by Crippen LogP contribution is 2.06. The molecule has 0 aromatic carbocycles. The number of nitrogens with one attached hydrogen (secondary N) is 1. The number of morpholine rings is 1. The van der Waals surface area contributed by atoms with Gasteiger partial charge in [-0.25, -0.2) is 4.79 Å². The van der Waals surface area contributed by atoms with Crippen molar-refractivity contribution < 1.29 is 19.4 Å². The lowest BCUT2D eigenvalue weighted by Crippen LogP contribution is -2.51. The van der Waals surface area contributed by atoms with Gasteiger partial charge in [-0.3, -0.25) is 9.69 Å². The molecule has 21 heavy (non-hydrogen) atoms. The average Bonchev–Trinajstić information content (AvgIpc) is 2.45. The highest BCUT2D eigenvalue weighted by Gasteiger charge is 2.23. The Labute approximate surface area is 126 Å². The number of carboxylic acids is 1. The maximum Gasteiger partial charge on any atom is 0.317 e. The smallest absolute Gasteiger partial charge is 0.317 e. The van der Waals surface area contributed by atoms with Crippen molar-refractivity contribution in [3.63, 3.8) is 0 Å². The monoisotopic (exact) mass is 301 g/mol. The minimum Gasteiger partial charge on any atom is -0.481 e. The third-order valence-electron chi connectivity index (χ3n) is 3.75. The molecule has 2 N–H and O–H groups in total. The van der Waals surface area contributed by atoms with E-state index in [0.717, 1.165) is 19.6 Å². The third-order valence-corrected chi connectivity index (χ3v) is 3.75. The summed E-state index contributed by atoms with van der Waals surface area (Å²) in [6, 6.07) is -0.560. The minimum absolute atomic E-state index is 0.00358. The van der Waals surface area contributed by atoms with Gasteiger partial charge in [-0.15, -0.1) is 0 Å². The molecule has 1 aliphatic rings. The highest BCUT2D eigenvalue weighted by atomic mass is 16.5. The van der Waals surface area contributed by atoms with Gasteiger partial charge in [0, 0.05) is 32.2 Å². The summed E-state index contributed by atoms with van der Waals surface area (Å²) in [5.41, 5.74) is 0. The van der Waals surface area contributed by atoms with Gasteiger partial charge >= 0.3 is 12.0 Å². The van der Waals surface area contributed by atoms with E-state index in [1.807, 2.05) is 6.92 Å². The van der Waals surface area contributed by atoms with E-state index in [0.29, 0.717) is 19.7 Å². The molecular formula is C14H27N3O4. The van der Waals surface area contributed by atoms with E-state index in [1.165, 1.54) is 4.90 Å². The number of rotatable bonds is 7. The lowest BCUT2D eigenvalue weighted by Gasteiger charge is -2.33. The summed E-state index contributed by atoms with van der Waals surface area (Å²) < 4.78 is 5.63. The largest absolute Gasteiger partial charge is 0.481 e. The molecule has 1 heterocycles. The molecule has 0 bridgehead atoms.